The lowest BCUT2D eigenvalue weighted by Crippen LogP contribution is -2.52. The molecular formula is C14H19ClN2O. The van der Waals surface area contributed by atoms with E-state index in [0.717, 1.165) is 18.1 Å². The zero-order valence-electron chi connectivity index (χ0n) is 10.8. The molecule has 4 heteroatoms. The highest BCUT2D eigenvalue weighted by molar-refractivity contribution is 6.30. The van der Waals surface area contributed by atoms with E-state index in [1.165, 1.54) is 5.56 Å². The Balaban J connectivity index is 1.93. The molecule has 0 saturated carbocycles. The van der Waals surface area contributed by atoms with Crippen LogP contribution in [0.4, 0.5) is 0 Å². The van der Waals surface area contributed by atoms with E-state index in [2.05, 4.69) is 24.5 Å². The first-order chi connectivity index (χ1) is 8.49. The predicted octanol–water partition coefficient (Wildman–Crippen LogP) is 1.95. The van der Waals surface area contributed by atoms with Crippen molar-refractivity contribution in [3.63, 3.8) is 0 Å². The van der Waals surface area contributed by atoms with Gasteiger partial charge in [0.2, 0.25) is 5.91 Å². The van der Waals surface area contributed by atoms with Crippen molar-refractivity contribution >= 4 is 17.5 Å². The van der Waals surface area contributed by atoms with Crippen LogP contribution in [0.1, 0.15) is 19.4 Å². The van der Waals surface area contributed by atoms with E-state index < -0.39 is 0 Å². The van der Waals surface area contributed by atoms with Gasteiger partial charge in [0.25, 0.3) is 0 Å². The van der Waals surface area contributed by atoms with E-state index >= 15 is 0 Å². The average Bonchev–Trinajstić information content (AvgIpc) is 2.25. The van der Waals surface area contributed by atoms with E-state index in [1.54, 1.807) is 0 Å². The van der Waals surface area contributed by atoms with Crippen molar-refractivity contribution in [2.45, 2.75) is 19.3 Å². The topological polar surface area (TPSA) is 41.1 Å². The summed E-state index contributed by atoms with van der Waals surface area (Å²) in [6, 6.07) is 7.80. The summed E-state index contributed by atoms with van der Waals surface area (Å²) >= 11 is 5.88. The van der Waals surface area contributed by atoms with Crippen LogP contribution in [0, 0.1) is 5.92 Å². The maximum absolute atomic E-state index is 11.8. The minimum Gasteiger partial charge on any atom is -0.355 e. The zero-order valence-corrected chi connectivity index (χ0v) is 11.6. The Morgan fingerprint density at radius 2 is 2.00 bits per heavy atom. The molecule has 1 amide bonds. The molecule has 2 N–H and O–H groups in total. The predicted molar refractivity (Wildman–Crippen MR) is 73.8 cm³/mol. The largest absolute Gasteiger partial charge is 0.355 e. The van der Waals surface area contributed by atoms with Gasteiger partial charge in [-0.2, -0.15) is 0 Å². The van der Waals surface area contributed by atoms with E-state index in [4.69, 9.17) is 11.6 Å². The van der Waals surface area contributed by atoms with Crippen LogP contribution >= 0.6 is 11.6 Å². The van der Waals surface area contributed by atoms with Gasteiger partial charge in [0, 0.05) is 30.1 Å². The van der Waals surface area contributed by atoms with Crippen molar-refractivity contribution in [1.29, 1.82) is 0 Å². The minimum atomic E-state index is -0.0859. The minimum absolute atomic E-state index is 0.0859. The van der Waals surface area contributed by atoms with E-state index in [9.17, 15) is 4.79 Å². The van der Waals surface area contributed by atoms with Crippen LogP contribution in [0.2, 0.25) is 5.02 Å². The molecule has 0 aliphatic carbocycles. The molecule has 3 nitrogen and oxygen atoms in total. The van der Waals surface area contributed by atoms with Crippen molar-refractivity contribution in [1.82, 2.24) is 10.6 Å². The molecule has 98 valence electrons. The van der Waals surface area contributed by atoms with Gasteiger partial charge >= 0.3 is 0 Å². The van der Waals surface area contributed by atoms with Gasteiger partial charge in [0.1, 0.15) is 0 Å². The summed E-state index contributed by atoms with van der Waals surface area (Å²) in [5.41, 5.74) is 1.09. The first-order valence-electron chi connectivity index (χ1n) is 6.23. The second kappa shape index (κ2) is 5.29. The van der Waals surface area contributed by atoms with Crippen molar-refractivity contribution in [2.75, 3.05) is 19.6 Å². The molecule has 1 aliphatic heterocycles. The highest BCUT2D eigenvalue weighted by Gasteiger charge is 2.27. The van der Waals surface area contributed by atoms with Crippen molar-refractivity contribution in [3.8, 4) is 0 Å². The molecular weight excluding hydrogens is 248 g/mol. The first kappa shape index (κ1) is 13.4. The van der Waals surface area contributed by atoms with Crippen LogP contribution in [-0.2, 0) is 10.2 Å². The SMILES string of the molecule is CC(C)(CNC(=O)C1CNC1)c1ccc(Cl)cc1. The van der Waals surface area contributed by atoms with Crippen LogP contribution in [0.3, 0.4) is 0 Å². The maximum Gasteiger partial charge on any atom is 0.225 e. The van der Waals surface area contributed by atoms with Crippen molar-refractivity contribution < 1.29 is 4.79 Å². The highest BCUT2D eigenvalue weighted by Crippen LogP contribution is 2.24. The van der Waals surface area contributed by atoms with Gasteiger partial charge in [-0.05, 0) is 17.7 Å². The standard InChI is InChI=1S/C14H19ClN2O/c1-14(2,11-3-5-12(15)6-4-11)9-17-13(18)10-7-16-8-10/h3-6,10,16H,7-9H2,1-2H3,(H,17,18). The van der Waals surface area contributed by atoms with Gasteiger partial charge in [-0.3, -0.25) is 4.79 Å². The second-order valence-electron chi connectivity index (χ2n) is 5.46. The Bertz CT molecular complexity index is 424. The molecule has 1 aromatic rings. The van der Waals surface area contributed by atoms with Crippen LogP contribution in [-0.4, -0.2) is 25.5 Å². The summed E-state index contributed by atoms with van der Waals surface area (Å²) < 4.78 is 0. The Kier molecular flexibility index (Phi) is 3.93. The maximum atomic E-state index is 11.8. The lowest BCUT2D eigenvalue weighted by molar-refractivity contribution is -0.126. The fourth-order valence-corrected chi connectivity index (χ4v) is 2.06. The summed E-state index contributed by atoms with van der Waals surface area (Å²) in [6.45, 7) is 6.48. The van der Waals surface area contributed by atoms with E-state index in [0.29, 0.717) is 6.54 Å². The van der Waals surface area contributed by atoms with Gasteiger partial charge in [-0.1, -0.05) is 37.6 Å². The Morgan fingerprint density at radius 3 is 2.50 bits per heavy atom. The number of nitrogens with one attached hydrogen (secondary N) is 2. The van der Waals surface area contributed by atoms with Crippen molar-refractivity contribution in [2.24, 2.45) is 5.92 Å². The first-order valence-corrected chi connectivity index (χ1v) is 6.61. The van der Waals surface area contributed by atoms with Crippen LogP contribution < -0.4 is 10.6 Å². The second-order valence-corrected chi connectivity index (χ2v) is 5.90. The third-order valence-corrected chi connectivity index (χ3v) is 3.73. The molecule has 1 aromatic carbocycles. The molecule has 18 heavy (non-hydrogen) atoms. The molecule has 1 heterocycles. The van der Waals surface area contributed by atoms with Gasteiger partial charge in [0.15, 0.2) is 0 Å². The summed E-state index contributed by atoms with van der Waals surface area (Å²) in [6.07, 6.45) is 0. The molecule has 2 rings (SSSR count). The molecule has 0 aromatic heterocycles. The third-order valence-electron chi connectivity index (χ3n) is 3.48. The summed E-state index contributed by atoms with van der Waals surface area (Å²) in [5.74, 6) is 0.293. The number of amides is 1. The Morgan fingerprint density at radius 1 is 1.39 bits per heavy atom. The fourth-order valence-electron chi connectivity index (χ4n) is 1.93. The van der Waals surface area contributed by atoms with Gasteiger partial charge in [-0.25, -0.2) is 0 Å². The van der Waals surface area contributed by atoms with Crippen LogP contribution in [0.5, 0.6) is 0 Å². The number of carbonyl (C=O) groups excluding carboxylic acids is 1. The van der Waals surface area contributed by atoms with Crippen LogP contribution in [0.25, 0.3) is 0 Å². The molecule has 1 aliphatic rings. The zero-order chi connectivity index (χ0) is 13.2. The van der Waals surface area contributed by atoms with Gasteiger partial charge in [-0.15, -0.1) is 0 Å². The number of hydrogen-bond acceptors (Lipinski definition) is 2. The smallest absolute Gasteiger partial charge is 0.225 e. The number of rotatable bonds is 4. The van der Waals surface area contributed by atoms with Crippen LogP contribution in [0.15, 0.2) is 24.3 Å². The molecule has 1 fully saturated rings. The molecule has 1 saturated heterocycles. The monoisotopic (exact) mass is 266 g/mol. The average molecular weight is 267 g/mol. The van der Waals surface area contributed by atoms with E-state index in [-0.39, 0.29) is 17.2 Å². The van der Waals surface area contributed by atoms with Gasteiger partial charge in [0.05, 0.1) is 5.92 Å². The Hall–Kier alpha value is -1.06. The molecule has 0 atom stereocenters. The van der Waals surface area contributed by atoms with Crippen molar-refractivity contribution in [3.05, 3.63) is 34.9 Å². The number of benzene rings is 1. The lowest BCUT2D eigenvalue weighted by Gasteiger charge is -2.30. The molecule has 0 bridgehead atoms. The normalized spacial score (nSPS) is 16.2. The fraction of sp³-hybridized carbons (Fsp3) is 0.500. The number of halogens is 1. The van der Waals surface area contributed by atoms with Gasteiger partial charge < -0.3 is 10.6 Å². The molecule has 0 spiro atoms. The quantitative estimate of drug-likeness (QED) is 0.875. The summed E-state index contributed by atoms with van der Waals surface area (Å²) in [7, 11) is 0. The molecule has 0 radical (unpaired) electrons. The lowest BCUT2D eigenvalue weighted by atomic mass is 9.84. The molecule has 0 unspecified atom stereocenters. The number of hydrogen-bond donors (Lipinski definition) is 2. The Labute approximate surface area is 113 Å². The summed E-state index contributed by atoms with van der Waals surface area (Å²) in [5, 5.41) is 6.86. The van der Waals surface area contributed by atoms with E-state index in [1.807, 2.05) is 24.3 Å². The number of carbonyl (C=O) groups is 1. The third kappa shape index (κ3) is 3.03. The summed E-state index contributed by atoms with van der Waals surface area (Å²) in [4.78, 5) is 11.8. The highest BCUT2D eigenvalue weighted by atomic mass is 35.5.